The van der Waals surface area contributed by atoms with Gasteiger partial charge >= 0.3 is 0 Å². The summed E-state index contributed by atoms with van der Waals surface area (Å²) in [6, 6.07) is 12.7. The van der Waals surface area contributed by atoms with E-state index >= 15 is 0 Å². The molecule has 2 amide bonds. The molecule has 190 valence electrons. The molecule has 1 aromatic heterocycles. The molecule has 2 N–H and O–H groups in total. The predicted molar refractivity (Wildman–Crippen MR) is 144 cm³/mol. The number of rotatable bonds is 11. The number of ether oxygens (including phenoxy) is 1. The molecule has 0 aliphatic rings. The number of hydrogen-bond acceptors (Lipinski definition) is 6. The number of amides is 2. The third kappa shape index (κ3) is 6.75. The standard InChI is InChI=1S/C27H33N5O3S/c1-7-14-32-25(24(17(2)3)29-26(34)20-11-8-18(4)9-12-20)30-31-27(32)36-16-23(33)28-21-15-19(5)10-13-22(21)35-6/h7-13,15,17,24H,1,14,16H2,2-6H3,(H,28,33)(H,29,34)/t24-/m0/s1. The molecule has 1 atom stereocenters. The molecule has 0 radical (unpaired) electrons. The lowest BCUT2D eigenvalue weighted by atomic mass is 10.0. The highest BCUT2D eigenvalue weighted by molar-refractivity contribution is 7.99. The number of nitrogens with zero attached hydrogens (tertiary/aromatic N) is 3. The normalized spacial score (nSPS) is 11.7. The van der Waals surface area contributed by atoms with E-state index in [9.17, 15) is 9.59 Å². The molecular formula is C27H33N5O3S. The first-order valence-electron chi connectivity index (χ1n) is 11.7. The minimum atomic E-state index is -0.369. The SMILES string of the molecule is C=CCn1c(SCC(=O)Nc2cc(C)ccc2OC)nnc1[C@@H](NC(=O)c1ccc(C)cc1)C(C)C. The largest absolute Gasteiger partial charge is 0.495 e. The number of nitrogens with one attached hydrogen (secondary N) is 2. The molecular weight excluding hydrogens is 474 g/mol. The summed E-state index contributed by atoms with van der Waals surface area (Å²) < 4.78 is 7.23. The van der Waals surface area contributed by atoms with E-state index in [1.54, 1.807) is 25.3 Å². The number of aryl methyl sites for hydroxylation is 2. The topological polar surface area (TPSA) is 98.1 Å². The lowest BCUT2D eigenvalue weighted by molar-refractivity contribution is -0.113. The maximum Gasteiger partial charge on any atom is 0.251 e. The van der Waals surface area contributed by atoms with Crippen molar-refractivity contribution in [1.82, 2.24) is 20.1 Å². The van der Waals surface area contributed by atoms with E-state index in [4.69, 9.17) is 4.74 Å². The fourth-order valence-corrected chi connectivity index (χ4v) is 4.39. The molecule has 0 fully saturated rings. The van der Waals surface area contributed by atoms with Gasteiger partial charge in [-0.25, -0.2) is 0 Å². The van der Waals surface area contributed by atoms with Gasteiger partial charge in [0, 0.05) is 12.1 Å². The number of benzene rings is 2. The average molecular weight is 508 g/mol. The second kappa shape index (κ2) is 12.4. The number of hydrogen-bond donors (Lipinski definition) is 2. The molecule has 9 heteroatoms. The van der Waals surface area contributed by atoms with Gasteiger partial charge in [0.15, 0.2) is 11.0 Å². The van der Waals surface area contributed by atoms with Gasteiger partial charge in [-0.05, 0) is 49.6 Å². The Morgan fingerprint density at radius 2 is 1.81 bits per heavy atom. The summed E-state index contributed by atoms with van der Waals surface area (Å²) in [5, 5.41) is 15.3. The second-order valence-corrected chi connectivity index (χ2v) is 9.78. The van der Waals surface area contributed by atoms with Crippen LogP contribution in [0.3, 0.4) is 0 Å². The Bertz CT molecular complexity index is 1220. The minimum Gasteiger partial charge on any atom is -0.495 e. The van der Waals surface area contributed by atoms with E-state index < -0.39 is 0 Å². The van der Waals surface area contributed by atoms with Crippen LogP contribution in [0.15, 0.2) is 60.3 Å². The van der Waals surface area contributed by atoms with E-state index in [0.29, 0.717) is 34.5 Å². The summed E-state index contributed by atoms with van der Waals surface area (Å²) >= 11 is 1.27. The van der Waals surface area contributed by atoms with Crippen LogP contribution in [0.1, 0.15) is 47.2 Å². The Kier molecular flexibility index (Phi) is 9.30. The van der Waals surface area contributed by atoms with E-state index in [0.717, 1.165) is 11.1 Å². The van der Waals surface area contributed by atoms with Crippen LogP contribution >= 0.6 is 11.8 Å². The lowest BCUT2D eigenvalue weighted by Crippen LogP contribution is -2.33. The van der Waals surface area contributed by atoms with Gasteiger partial charge in [-0.2, -0.15) is 0 Å². The Morgan fingerprint density at radius 1 is 1.11 bits per heavy atom. The molecule has 8 nitrogen and oxygen atoms in total. The van der Waals surface area contributed by atoms with Crippen LogP contribution in [0.2, 0.25) is 0 Å². The molecule has 3 aromatic rings. The number of carbonyl (C=O) groups excluding carboxylic acids is 2. The quantitative estimate of drug-likeness (QED) is 0.282. The lowest BCUT2D eigenvalue weighted by Gasteiger charge is -2.22. The molecule has 0 unspecified atom stereocenters. The summed E-state index contributed by atoms with van der Waals surface area (Å²) in [4.78, 5) is 25.6. The van der Waals surface area contributed by atoms with Gasteiger partial charge in [0.2, 0.25) is 5.91 Å². The van der Waals surface area contributed by atoms with Crippen molar-refractivity contribution in [3.8, 4) is 5.75 Å². The van der Waals surface area contributed by atoms with Crippen molar-refractivity contribution in [3.63, 3.8) is 0 Å². The fraction of sp³-hybridized carbons (Fsp3) is 0.333. The fourth-order valence-electron chi connectivity index (χ4n) is 3.63. The van der Waals surface area contributed by atoms with Crippen LogP contribution < -0.4 is 15.4 Å². The highest BCUT2D eigenvalue weighted by atomic mass is 32.2. The van der Waals surface area contributed by atoms with E-state index in [2.05, 4.69) is 27.4 Å². The molecule has 0 spiro atoms. The highest BCUT2D eigenvalue weighted by Crippen LogP contribution is 2.28. The zero-order chi connectivity index (χ0) is 26.2. The van der Waals surface area contributed by atoms with E-state index in [-0.39, 0.29) is 29.5 Å². The van der Waals surface area contributed by atoms with Gasteiger partial charge in [-0.3, -0.25) is 9.59 Å². The van der Waals surface area contributed by atoms with Gasteiger partial charge < -0.3 is 19.9 Å². The van der Waals surface area contributed by atoms with Crippen molar-refractivity contribution >= 4 is 29.3 Å². The van der Waals surface area contributed by atoms with Crippen LogP contribution in [-0.2, 0) is 11.3 Å². The molecule has 1 heterocycles. The smallest absolute Gasteiger partial charge is 0.251 e. The van der Waals surface area contributed by atoms with Crippen LogP contribution in [0, 0.1) is 19.8 Å². The first-order valence-corrected chi connectivity index (χ1v) is 12.7. The summed E-state index contributed by atoms with van der Waals surface area (Å²) in [5.41, 5.74) is 3.31. The van der Waals surface area contributed by atoms with E-state index in [1.165, 1.54) is 11.8 Å². The molecule has 0 saturated heterocycles. The number of methoxy groups -OCH3 is 1. The Balaban J connectivity index is 1.76. The number of aromatic nitrogens is 3. The summed E-state index contributed by atoms with van der Waals surface area (Å²) in [6.07, 6.45) is 1.74. The Hall–Kier alpha value is -3.59. The zero-order valence-electron chi connectivity index (χ0n) is 21.4. The van der Waals surface area contributed by atoms with Gasteiger partial charge in [0.1, 0.15) is 5.75 Å². The van der Waals surface area contributed by atoms with Gasteiger partial charge in [-0.1, -0.05) is 55.4 Å². The first-order chi connectivity index (χ1) is 17.2. The molecule has 0 saturated carbocycles. The average Bonchev–Trinajstić information content (AvgIpc) is 3.23. The van der Waals surface area contributed by atoms with Crippen molar-refractivity contribution in [1.29, 1.82) is 0 Å². The second-order valence-electron chi connectivity index (χ2n) is 8.84. The Labute approximate surface area is 216 Å². The van der Waals surface area contributed by atoms with Crippen LogP contribution in [0.4, 0.5) is 5.69 Å². The van der Waals surface area contributed by atoms with Crippen molar-refractivity contribution in [2.24, 2.45) is 5.92 Å². The molecule has 2 aromatic carbocycles. The third-order valence-corrected chi connectivity index (χ3v) is 6.53. The van der Waals surface area contributed by atoms with Crippen molar-refractivity contribution in [3.05, 3.63) is 77.6 Å². The molecule has 0 bridgehead atoms. The summed E-state index contributed by atoms with van der Waals surface area (Å²) in [7, 11) is 1.57. The number of anilines is 1. The van der Waals surface area contributed by atoms with Crippen molar-refractivity contribution in [2.45, 2.75) is 45.4 Å². The highest BCUT2D eigenvalue weighted by Gasteiger charge is 2.26. The zero-order valence-corrected chi connectivity index (χ0v) is 22.2. The maximum absolute atomic E-state index is 12.9. The van der Waals surface area contributed by atoms with Gasteiger partial charge in [0.25, 0.3) is 5.91 Å². The summed E-state index contributed by atoms with van der Waals surface area (Å²) in [6.45, 7) is 12.3. The predicted octanol–water partition coefficient (Wildman–Crippen LogP) is 4.95. The molecule has 3 rings (SSSR count). The summed E-state index contributed by atoms with van der Waals surface area (Å²) in [5.74, 6) is 1.04. The molecule has 0 aliphatic carbocycles. The molecule has 36 heavy (non-hydrogen) atoms. The first kappa shape index (κ1) is 27.0. The number of allylic oxidation sites excluding steroid dienone is 1. The third-order valence-electron chi connectivity index (χ3n) is 5.56. The van der Waals surface area contributed by atoms with E-state index in [1.807, 2.05) is 62.6 Å². The Morgan fingerprint density at radius 3 is 2.44 bits per heavy atom. The minimum absolute atomic E-state index is 0.0575. The number of thioether (sulfide) groups is 1. The van der Waals surface area contributed by atoms with Crippen molar-refractivity contribution < 1.29 is 14.3 Å². The molecule has 0 aliphatic heterocycles. The maximum atomic E-state index is 12.9. The monoisotopic (exact) mass is 507 g/mol. The van der Waals surface area contributed by atoms with Crippen LogP contribution in [-0.4, -0.2) is 39.4 Å². The number of carbonyl (C=O) groups is 2. The van der Waals surface area contributed by atoms with Gasteiger partial charge in [0.05, 0.1) is 24.6 Å². The van der Waals surface area contributed by atoms with Crippen LogP contribution in [0.5, 0.6) is 5.75 Å². The van der Waals surface area contributed by atoms with Gasteiger partial charge in [-0.15, -0.1) is 16.8 Å². The van der Waals surface area contributed by atoms with Crippen molar-refractivity contribution in [2.75, 3.05) is 18.2 Å². The van der Waals surface area contributed by atoms with Crippen LogP contribution in [0.25, 0.3) is 0 Å².